The largest absolute Gasteiger partial charge is 0.319 e. The second kappa shape index (κ2) is 4.24. The van der Waals surface area contributed by atoms with Gasteiger partial charge < -0.3 is 5.73 Å². The minimum Gasteiger partial charge on any atom is -0.319 e. The van der Waals surface area contributed by atoms with Crippen molar-refractivity contribution >= 4 is 0 Å². The van der Waals surface area contributed by atoms with Crippen molar-refractivity contribution in [2.24, 2.45) is 5.73 Å². The molecule has 2 heteroatoms. The molecule has 0 saturated heterocycles. The lowest BCUT2D eigenvalue weighted by Crippen LogP contribution is -2.13. The van der Waals surface area contributed by atoms with Crippen molar-refractivity contribution in [2.75, 3.05) is 0 Å². The van der Waals surface area contributed by atoms with E-state index in [9.17, 15) is 0 Å². The number of nitrogens with zero attached hydrogens (tertiary/aromatic N) is 1. The summed E-state index contributed by atoms with van der Waals surface area (Å²) in [4.78, 5) is 4.26. The van der Waals surface area contributed by atoms with Gasteiger partial charge in [0.1, 0.15) is 0 Å². The number of rotatable bonds is 2. The summed E-state index contributed by atoms with van der Waals surface area (Å²) < 4.78 is 0. The lowest BCUT2D eigenvalue weighted by molar-refractivity contribution is 0.827. The molecule has 1 atom stereocenters. The van der Waals surface area contributed by atoms with Gasteiger partial charge in [-0.3, -0.25) is 4.98 Å². The van der Waals surface area contributed by atoms with Crippen LogP contribution in [0.5, 0.6) is 0 Å². The van der Waals surface area contributed by atoms with Gasteiger partial charge in [-0.2, -0.15) is 0 Å². The Balaban J connectivity index is 2.32. The summed E-state index contributed by atoms with van der Waals surface area (Å²) in [5.74, 6) is 0. The summed E-state index contributed by atoms with van der Waals surface area (Å²) in [6, 6.07) is 13.9. The monoisotopic (exact) mass is 198 g/mol. The minimum absolute atomic E-state index is 0.133. The highest BCUT2D eigenvalue weighted by molar-refractivity contribution is 5.30. The average molecular weight is 198 g/mol. The van der Waals surface area contributed by atoms with Crippen LogP contribution in [0.1, 0.15) is 22.9 Å². The molecule has 0 fully saturated rings. The third kappa shape index (κ3) is 2.22. The molecule has 0 aliphatic carbocycles. The molecule has 1 aromatic carbocycles. The summed E-state index contributed by atoms with van der Waals surface area (Å²) in [6.07, 6.45) is 1.77. The van der Waals surface area contributed by atoms with Gasteiger partial charge in [0.25, 0.3) is 0 Å². The molecule has 0 bridgehead atoms. The van der Waals surface area contributed by atoms with E-state index in [-0.39, 0.29) is 6.04 Å². The zero-order valence-corrected chi connectivity index (χ0v) is 8.72. The molecule has 2 rings (SSSR count). The van der Waals surface area contributed by atoms with Gasteiger partial charge in [-0.15, -0.1) is 0 Å². The molecule has 2 nitrogen and oxygen atoms in total. The van der Waals surface area contributed by atoms with Crippen LogP contribution in [0.4, 0.5) is 0 Å². The maximum absolute atomic E-state index is 6.12. The predicted molar refractivity (Wildman–Crippen MR) is 61.4 cm³/mol. The topological polar surface area (TPSA) is 38.9 Å². The first kappa shape index (κ1) is 9.87. The summed E-state index contributed by atoms with van der Waals surface area (Å²) in [5, 5.41) is 0. The van der Waals surface area contributed by atoms with E-state index in [1.165, 1.54) is 5.56 Å². The highest BCUT2D eigenvalue weighted by Crippen LogP contribution is 2.17. The minimum atomic E-state index is -0.133. The van der Waals surface area contributed by atoms with E-state index in [1.807, 2.05) is 30.3 Å². The molecule has 0 radical (unpaired) electrons. The number of aryl methyl sites for hydroxylation is 1. The molecule has 15 heavy (non-hydrogen) atoms. The van der Waals surface area contributed by atoms with Gasteiger partial charge >= 0.3 is 0 Å². The summed E-state index contributed by atoms with van der Waals surface area (Å²) in [6.45, 7) is 2.06. The van der Waals surface area contributed by atoms with Crippen molar-refractivity contribution in [3.63, 3.8) is 0 Å². The summed E-state index contributed by atoms with van der Waals surface area (Å²) in [5.41, 5.74) is 9.35. The van der Waals surface area contributed by atoms with Crippen LogP contribution in [0.25, 0.3) is 0 Å². The van der Waals surface area contributed by atoms with Crippen LogP contribution >= 0.6 is 0 Å². The van der Waals surface area contributed by atoms with Crippen molar-refractivity contribution in [2.45, 2.75) is 13.0 Å². The lowest BCUT2D eigenvalue weighted by Gasteiger charge is -2.11. The number of hydrogen-bond donors (Lipinski definition) is 1. The highest BCUT2D eigenvalue weighted by Gasteiger charge is 2.08. The van der Waals surface area contributed by atoms with E-state index in [0.29, 0.717) is 0 Å². The molecule has 2 aromatic rings. The average Bonchev–Trinajstić information content (AvgIpc) is 2.29. The van der Waals surface area contributed by atoms with Crippen LogP contribution in [-0.2, 0) is 0 Å². The zero-order valence-electron chi connectivity index (χ0n) is 8.72. The predicted octanol–water partition coefficient (Wildman–Crippen LogP) is 2.44. The number of aromatic nitrogens is 1. The quantitative estimate of drug-likeness (QED) is 0.805. The Morgan fingerprint density at radius 2 is 2.00 bits per heavy atom. The molecule has 0 aliphatic rings. The second-order valence-electron chi connectivity index (χ2n) is 3.65. The van der Waals surface area contributed by atoms with Gasteiger partial charge in [0.2, 0.25) is 0 Å². The van der Waals surface area contributed by atoms with Gasteiger partial charge in [-0.25, -0.2) is 0 Å². The van der Waals surface area contributed by atoms with Gasteiger partial charge in [-0.05, 0) is 24.6 Å². The molecule has 0 saturated carbocycles. The number of benzene rings is 1. The zero-order chi connectivity index (χ0) is 10.7. The van der Waals surface area contributed by atoms with Crippen LogP contribution < -0.4 is 5.73 Å². The van der Waals surface area contributed by atoms with Crippen LogP contribution in [0.15, 0.2) is 48.7 Å². The summed E-state index contributed by atoms with van der Waals surface area (Å²) in [7, 11) is 0. The van der Waals surface area contributed by atoms with E-state index in [1.54, 1.807) is 6.20 Å². The van der Waals surface area contributed by atoms with Crippen molar-refractivity contribution in [3.8, 4) is 0 Å². The summed E-state index contributed by atoms with van der Waals surface area (Å²) >= 11 is 0. The normalized spacial score (nSPS) is 12.4. The molecule has 0 aliphatic heterocycles. The van der Waals surface area contributed by atoms with Gasteiger partial charge in [-0.1, -0.05) is 35.9 Å². The number of nitrogens with two attached hydrogens (primary N) is 1. The van der Waals surface area contributed by atoms with Crippen LogP contribution in [-0.4, -0.2) is 4.98 Å². The standard InChI is InChI=1S/C13H14N2/c1-10-5-4-6-11(9-10)13(14)12-7-2-3-8-15-12/h2-9,13H,14H2,1H3/t13-/m0/s1. The molecular weight excluding hydrogens is 184 g/mol. The highest BCUT2D eigenvalue weighted by atomic mass is 14.8. The Morgan fingerprint density at radius 3 is 2.67 bits per heavy atom. The molecule has 1 heterocycles. The molecule has 1 aromatic heterocycles. The lowest BCUT2D eigenvalue weighted by atomic mass is 10.0. The Morgan fingerprint density at radius 1 is 1.13 bits per heavy atom. The number of pyridine rings is 1. The molecule has 0 spiro atoms. The van der Waals surface area contributed by atoms with Crippen LogP contribution in [0, 0.1) is 6.92 Å². The molecular formula is C13H14N2. The third-order valence-electron chi connectivity index (χ3n) is 2.41. The van der Waals surface area contributed by atoms with Crippen LogP contribution in [0.2, 0.25) is 0 Å². The fourth-order valence-electron chi connectivity index (χ4n) is 1.59. The van der Waals surface area contributed by atoms with E-state index in [4.69, 9.17) is 5.73 Å². The Labute approximate surface area is 89.8 Å². The van der Waals surface area contributed by atoms with Crippen molar-refractivity contribution in [1.29, 1.82) is 0 Å². The molecule has 0 unspecified atom stereocenters. The van der Waals surface area contributed by atoms with Gasteiger partial charge in [0.15, 0.2) is 0 Å². The maximum Gasteiger partial charge on any atom is 0.0726 e. The second-order valence-corrected chi connectivity index (χ2v) is 3.65. The first-order valence-electron chi connectivity index (χ1n) is 5.00. The van der Waals surface area contributed by atoms with E-state index in [2.05, 4.69) is 24.0 Å². The van der Waals surface area contributed by atoms with Crippen molar-refractivity contribution in [1.82, 2.24) is 4.98 Å². The Hall–Kier alpha value is -1.67. The fourth-order valence-corrected chi connectivity index (χ4v) is 1.59. The number of hydrogen-bond acceptors (Lipinski definition) is 2. The first-order chi connectivity index (χ1) is 7.27. The Kier molecular flexibility index (Phi) is 2.79. The third-order valence-corrected chi connectivity index (χ3v) is 2.41. The molecule has 76 valence electrons. The Bertz CT molecular complexity index is 437. The SMILES string of the molecule is Cc1cccc([C@H](N)c2ccccn2)c1. The maximum atomic E-state index is 6.12. The van der Waals surface area contributed by atoms with E-state index >= 15 is 0 Å². The van der Waals surface area contributed by atoms with E-state index < -0.39 is 0 Å². The first-order valence-corrected chi connectivity index (χ1v) is 5.00. The van der Waals surface area contributed by atoms with Crippen molar-refractivity contribution < 1.29 is 0 Å². The smallest absolute Gasteiger partial charge is 0.0726 e. The van der Waals surface area contributed by atoms with Crippen LogP contribution in [0.3, 0.4) is 0 Å². The van der Waals surface area contributed by atoms with Crippen molar-refractivity contribution in [3.05, 3.63) is 65.5 Å². The molecule has 2 N–H and O–H groups in total. The van der Waals surface area contributed by atoms with Gasteiger partial charge in [0.05, 0.1) is 11.7 Å². The fraction of sp³-hybridized carbons (Fsp3) is 0.154. The van der Waals surface area contributed by atoms with Gasteiger partial charge in [0, 0.05) is 6.20 Å². The molecule has 0 amide bonds. The van der Waals surface area contributed by atoms with E-state index in [0.717, 1.165) is 11.3 Å².